The van der Waals surface area contributed by atoms with Crippen molar-refractivity contribution in [3.05, 3.63) is 22.4 Å². The molecule has 0 saturated heterocycles. The van der Waals surface area contributed by atoms with Gasteiger partial charge in [-0.05, 0) is 42.7 Å². The molecule has 0 aromatic carbocycles. The molecule has 5 heteroatoms. The molecule has 3 nitrogen and oxygen atoms in total. The monoisotopic (exact) mass is 273 g/mol. The molecular formula is C12H19NO2S2. The van der Waals surface area contributed by atoms with Crippen molar-refractivity contribution in [1.82, 2.24) is 0 Å². The summed E-state index contributed by atoms with van der Waals surface area (Å²) in [6.07, 6.45) is 1.78. The highest BCUT2D eigenvalue weighted by Gasteiger charge is 2.13. The Kier molecular flexibility index (Phi) is 7.32. The molecule has 0 spiro atoms. The van der Waals surface area contributed by atoms with Crippen LogP contribution in [0.5, 0.6) is 0 Å². The number of nitrogens with two attached hydrogens (primary N) is 1. The SMILES string of the molecule is CCOC(=O)C(N)CCSCCc1cccs1. The molecule has 2 N–H and O–H groups in total. The van der Waals surface area contributed by atoms with Crippen molar-refractivity contribution >= 4 is 29.1 Å². The van der Waals surface area contributed by atoms with Crippen molar-refractivity contribution in [1.29, 1.82) is 0 Å². The molecule has 0 aliphatic carbocycles. The van der Waals surface area contributed by atoms with Crippen LogP contribution in [-0.2, 0) is 16.0 Å². The lowest BCUT2D eigenvalue weighted by Gasteiger charge is -2.09. The van der Waals surface area contributed by atoms with Gasteiger partial charge in [0.25, 0.3) is 0 Å². The summed E-state index contributed by atoms with van der Waals surface area (Å²) < 4.78 is 4.85. The Morgan fingerprint density at radius 1 is 1.59 bits per heavy atom. The van der Waals surface area contributed by atoms with E-state index in [-0.39, 0.29) is 5.97 Å². The second-order valence-electron chi connectivity index (χ2n) is 3.59. The first-order chi connectivity index (χ1) is 8.24. The number of esters is 1. The molecule has 1 rings (SSSR count). The summed E-state index contributed by atoms with van der Waals surface area (Å²) in [5.74, 6) is 1.70. The van der Waals surface area contributed by atoms with Gasteiger partial charge in [-0.15, -0.1) is 11.3 Å². The molecule has 96 valence electrons. The van der Waals surface area contributed by atoms with Crippen molar-refractivity contribution in [3.63, 3.8) is 0 Å². The van der Waals surface area contributed by atoms with E-state index < -0.39 is 6.04 Å². The molecule has 0 amide bonds. The minimum absolute atomic E-state index is 0.286. The summed E-state index contributed by atoms with van der Waals surface area (Å²) in [7, 11) is 0. The molecule has 0 saturated carbocycles. The molecule has 0 aliphatic heterocycles. The van der Waals surface area contributed by atoms with E-state index in [0.717, 1.165) is 17.9 Å². The van der Waals surface area contributed by atoms with E-state index >= 15 is 0 Å². The summed E-state index contributed by atoms with van der Waals surface area (Å²) in [4.78, 5) is 12.6. The summed E-state index contributed by atoms with van der Waals surface area (Å²) in [6.45, 7) is 2.19. The predicted octanol–water partition coefficient (Wildman–Crippen LogP) is 2.30. The molecule has 1 unspecified atom stereocenters. The molecule has 0 aliphatic rings. The van der Waals surface area contributed by atoms with Gasteiger partial charge in [0.05, 0.1) is 6.61 Å². The Morgan fingerprint density at radius 2 is 2.41 bits per heavy atom. The van der Waals surface area contributed by atoms with E-state index in [0.29, 0.717) is 13.0 Å². The van der Waals surface area contributed by atoms with Gasteiger partial charge < -0.3 is 10.5 Å². The van der Waals surface area contributed by atoms with Crippen molar-refractivity contribution in [3.8, 4) is 0 Å². The van der Waals surface area contributed by atoms with Crippen LogP contribution >= 0.6 is 23.1 Å². The number of hydrogen-bond acceptors (Lipinski definition) is 5. The lowest BCUT2D eigenvalue weighted by molar-refractivity contribution is -0.144. The number of thioether (sulfide) groups is 1. The third-order valence-corrected chi connectivity index (χ3v) is 4.19. The second-order valence-corrected chi connectivity index (χ2v) is 5.85. The third kappa shape index (κ3) is 6.10. The lowest BCUT2D eigenvalue weighted by atomic mass is 10.2. The highest BCUT2D eigenvalue weighted by Crippen LogP contribution is 2.13. The Bertz CT molecular complexity index is 314. The summed E-state index contributed by atoms with van der Waals surface area (Å²) in [5.41, 5.74) is 5.69. The van der Waals surface area contributed by atoms with Gasteiger partial charge in [-0.2, -0.15) is 11.8 Å². The van der Waals surface area contributed by atoms with Crippen LogP contribution in [0.15, 0.2) is 17.5 Å². The fourth-order valence-electron chi connectivity index (χ4n) is 1.31. The standard InChI is InChI=1S/C12H19NO2S2/c1-2-15-12(14)11(13)6-9-16-8-5-10-4-3-7-17-10/h3-4,7,11H,2,5-6,8-9,13H2,1H3. The maximum absolute atomic E-state index is 11.2. The van der Waals surface area contributed by atoms with Crippen LogP contribution in [0, 0.1) is 0 Å². The van der Waals surface area contributed by atoms with Gasteiger partial charge in [0, 0.05) is 4.88 Å². The van der Waals surface area contributed by atoms with Gasteiger partial charge in [-0.1, -0.05) is 6.07 Å². The zero-order valence-corrected chi connectivity index (χ0v) is 11.7. The van der Waals surface area contributed by atoms with Gasteiger partial charge in [-0.3, -0.25) is 4.79 Å². The van der Waals surface area contributed by atoms with Gasteiger partial charge in [0.2, 0.25) is 0 Å². The molecule has 17 heavy (non-hydrogen) atoms. The topological polar surface area (TPSA) is 52.3 Å². The van der Waals surface area contributed by atoms with Crippen LogP contribution in [0.1, 0.15) is 18.2 Å². The normalized spacial score (nSPS) is 12.4. The summed E-state index contributed by atoms with van der Waals surface area (Å²) in [6, 6.07) is 3.75. The molecule has 0 bridgehead atoms. The first-order valence-electron chi connectivity index (χ1n) is 5.76. The summed E-state index contributed by atoms with van der Waals surface area (Å²) in [5, 5.41) is 2.09. The first kappa shape index (κ1) is 14.5. The van der Waals surface area contributed by atoms with Gasteiger partial charge in [0.1, 0.15) is 6.04 Å². The molecule has 1 heterocycles. The largest absolute Gasteiger partial charge is 0.465 e. The highest BCUT2D eigenvalue weighted by molar-refractivity contribution is 7.99. The van der Waals surface area contributed by atoms with Crippen molar-refractivity contribution in [2.45, 2.75) is 25.8 Å². The number of ether oxygens (including phenoxy) is 1. The zero-order valence-electron chi connectivity index (χ0n) is 10.1. The molecule has 1 aromatic heterocycles. The van der Waals surface area contributed by atoms with Crippen LogP contribution in [0.4, 0.5) is 0 Å². The Labute approximate surface area is 111 Å². The van der Waals surface area contributed by atoms with Gasteiger partial charge in [0.15, 0.2) is 0 Å². The number of carbonyl (C=O) groups is 1. The minimum atomic E-state index is -0.468. The first-order valence-corrected chi connectivity index (χ1v) is 7.79. The van der Waals surface area contributed by atoms with E-state index in [9.17, 15) is 4.79 Å². The van der Waals surface area contributed by atoms with E-state index in [1.807, 2.05) is 11.8 Å². The second kappa shape index (κ2) is 8.55. The lowest BCUT2D eigenvalue weighted by Crippen LogP contribution is -2.32. The van der Waals surface area contributed by atoms with Crippen molar-refractivity contribution in [2.24, 2.45) is 5.73 Å². The Hall–Kier alpha value is -0.520. The smallest absolute Gasteiger partial charge is 0.322 e. The maximum atomic E-state index is 11.2. The average Bonchev–Trinajstić information content (AvgIpc) is 2.81. The highest BCUT2D eigenvalue weighted by atomic mass is 32.2. The van der Waals surface area contributed by atoms with Crippen LogP contribution in [-0.4, -0.2) is 30.1 Å². The molecule has 0 radical (unpaired) electrons. The van der Waals surface area contributed by atoms with Gasteiger partial charge >= 0.3 is 5.97 Å². The number of thiophene rings is 1. The molecular weight excluding hydrogens is 254 g/mol. The van der Waals surface area contributed by atoms with E-state index in [2.05, 4.69) is 17.5 Å². The predicted molar refractivity (Wildman–Crippen MR) is 74.6 cm³/mol. The number of carbonyl (C=O) groups excluding carboxylic acids is 1. The molecule has 1 atom stereocenters. The number of hydrogen-bond donors (Lipinski definition) is 1. The minimum Gasteiger partial charge on any atom is -0.465 e. The Balaban J connectivity index is 2.02. The maximum Gasteiger partial charge on any atom is 0.322 e. The van der Waals surface area contributed by atoms with Crippen LogP contribution in [0.2, 0.25) is 0 Å². The van der Waals surface area contributed by atoms with Crippen LogP contribution in [0.3, 0.4) is 0 Å². The van der Waals surface area contributed by atoms with Crippen LogP contribution in [0.25, 0.3) is 0 Å². The average molecular weight is 273 g/mol. The fraction of sp³-hybridized carbons (Fsp3) is 0.583. The zero-order chi connectivity index (χ0) is 12.5. The van der Waals surface area contributed by atoms with Crippen molar-refractivity contribution in [2.75, 3.05) is 18.1 Å². The van der Waals surface area contributed by atoms with E-state index in [1.165, 1.54) is 4.88 Å². The number of aryl methyl sites for hydroxylation is 1. The van der Waals surface area contributed by atoms with E-state index in [1.54, 1.807) is 18.3 Å². The molecule has 0 fully saturated rings. The van der Waals surface area contributed by atoms with E-state index in [4.69, 9.17) is 10.5 Å². The van der Waals surface area contributed by atoms with Gasteiger partial charge in [-0.25, -0.2) is 0 Å². The number of rotatable bonds is 8. The third-order valence-electron chi connectivity index (χ3n) is 2.24. The quantitative estimate of drug-likeness (QED) is 0.583. The fourth-order valence-corrected chi connectivity index (χ4v) is 3.13. The summed E-state index contributed by atoms with van der Waals surface area (Å²) >= 11 is 3.62. The van der Waals surface area contributed by atoms with Crippen molar-refractivity contribution < 1.29 is 9.53 Å². The van der Waals surface area contributed by atoms with Crippen LogP contribution < -0.4 is 5.73 Å². The molecule has 1 aromatic rings. The Morgan fingerprint density at radius 3 is 3.06 bits per heavy atom.